The Labute approximate surface area is 53.1 Å². The van der Waals surface area contributed by atoms with Crippen LogP contribution >= 0.6 is 0 Å². The molecular formula is C6H8N2O. The molecule has 0 bridgehead atoms. The van der Waals surface area contributed by atoms with E-state index < -0.39 is 0 Å². The Bertz CT molecular complexity index is 191. The number of nitrogens with zero attached hydrogens (tertiary/aromatic N) is 1. The van der Waals surface area contributed by atoms with Gasteiger partial charge in [-0.2, -0.15) is 0 Å². The van der Waals surface area contributed by atoms with Gasteiger partial charge in [-0.05, 0) is 6.92 Å². The Morgan fingerprint density at radius 1 is 1.89 bits per heavy atom. The lowest BCUT2D eigenvalue weighted by atomic mass is 10.2. The predicted molar refractivity (Wildman–Crippen MR) is 33.0 cm³/mol. The minimum Gasteiger partial charge on any atom is -0.351 e. The molecule has 0 fully saturated rings. The maximum Gasteiger partial charge on any atom is 0.135 e. The molecule has 1 heterocycles. The zero-order valence-electron chi connectivity index (χ0n) is 5.22. The van der Waals surface area contributed by atoms with Crippen LogP contribution in [0.2, 0.25) is 0 Å². The lowest BCUT2D eigenvalue weighted by molar-refractivity contribution is -0.116. The Hall–Kier alpha value is -1.12. The maximum atomic E-state index is 10.5. The second-order valence-electron chi connectivity index (χ2n) is 1.94. The quantitative estimate of drug-likeness (QED) is 0.625. The van der Waals surface area contributed by atoms with Gasteiger partial charge in [-0.25, -0.2) is 4.98 Å². The average molecular weight is 124 g/mol. The summed E-state index contributed by atoms with van der Waals surface area (Å²) in [4.78, 5) is 17.1. The molecule has 0 spiro atoms. The van der Waals surface area contributed by atoms with Crippen LogP contribution in [0.3, 0.4) is 0 Å². The van der Waals surface area contributed by atoms with Crippen LogP contribution in [0.1, 0.15) is 12.6 Å². The summed E-state index contributed by atoms with van der Waals surface area (Å²) in [5, 5.41) is 0. The molecule has 0 aliphatic rings. The smallest absolute Gasteiger partial charge is 0.135 e. The summed E-state index contributed by atoms with van der Waals surface area (Å²) in [6.07, 6.45) is 3.73. The van der Waals surface area contributed by atoms with Crippen molar-refractivity contribution in [1.82, 2.24) is 9.97 Å². The van der Waals surface area contributed by atoms with Crippen LogP contribution in [0, 0.1) is 0 Å². The van der Waals surface area contributed by atoms with Crippen LogP contribution in [0.4, 0.5) is 0 Å². The highest BCUT2D eigenvalue weighted by molar-refractivity contribution is 5.77. The molecule has 1 aromatic rings. The topological polar surface area (TPSA) is 45.8 Å². The van der Waals surface area contributed by atoms with E-state index in [1.807, 2.05) is 0 Å². The molecule has 0 saturated heterocycles. The van der Waals surface area contributed by atoms with Crippen LogP contribution in [0.25, 0.3) is 0 Å². The lowest BCUT2D eigenvalue weighted by Gasteiger charge is -1.84. The van der Waals surface area contributed by atoms with E-state index in [1.165, 1.54) is 0 Å². The first-order chi connectivity index (χ1) is 4.29. The van der Waals surface area contributed by atoms with Crippen molar-refractivity contribution in [2.24, 2.45) is 0 Å². The number of imidazole rings is 1. The van der Waals surface area contributed by atoms with Crippen LogP contribution in [0.5, 0.6) is 0 Å². The number of aromatic amines is 1. The molecule has 48 valence electrons. The molecule has 0 aliphatic carbocycles. The molecular weight excluding hydrogens is 116 g/mol. The molecule has 9 heavy (non-hydrogen) atoms. The zero-order chi connectivity index (χ0) is 6.69. The number of ketones is 1. The fourth-order valence-electron chi connectivity index (χ4n) is 0.643. The van der Waals surface area contributed by atoms with E-state index in [-0.39, 0.29) is 5.78 Å². The highest BCUT2D eigenvalue weighted by Gasteiger charge is 1.96. The van der Waals surface area contributed by atoms with Gasteiger partial charge in [0.2, 0.25) is 0 Å². The molecule has 0 radical (unpaired) electrons. The normalized spacial score (nSPS) is 9.44. The van der Waals surface area contributed by atoms with E-state index in [1.54, 1.807) is 19.4 Å². The number of aromatic nitrogens is 2. The number of rotatable bonds is 2. The van der Waals surface area contributed by atoms with Crippen LogP contribution in [-0.2, 0) is 11.2 Å². The Morgan fingerprint density at radius 3 is 3.11 bits per heavy atom. The second-order valence-corrected chi connectivity index (χ2v) is 1.94. The second kappa shape index (κ2) is 2.44. The van der Waals surface area contributed by atoms with Crippen molar-refractivity contribution >= 4 is 5.78 Å². The monoisotopic (exact) mass is 124 g/mol. The molecule has 0 atom stereocenters. The van der Waals surface area contributed by atoms with E-state index in [2.05, 4.69) is 9.97 Å². The third-order valence-corrected chi connectivity index (χ3v) is 0.985. The molecule has 0 unspecified atom stereocenters. The highest BCUT2D eigenvalue weighted by atomic mass is 16.1. The van der Waals surface area contributed by atoms with E-state index in [4.69, 9.17) is 0 Å². The van der Waals surface area contributed by atoms with Gasteiger partial charge in [0, 0.05) is 12.6 Å². The summed E-state index contributed by atoms with van der Waals surface area (Å²) >= 11 is 0. The molecule has 0 aromatic carbocycles. The summed E-state index contributed by atoms with van der Waals surface area (Å²) < 4.78 is 0. The third-order valence-electron chi connectivity index (χ3n) is 0.985. The van der Waals surface area contributed by atoms with Crippen molar-refractivity contribution in [2.45, 2.75) is 13.3 Å². The molecule has 1 N–H and O–H groups in total. The fraction of sp³-hybridized carbons (Fsp3) is 0.333. The van der Waals surface area contributed by atoms with Gasteiger partial charge in [0.25, 0.3) is 0 Å². The first-order valence-electron chi connectivity index (χ1n) is 2.76. The predicted octanol–water partition coefficient (Wildman–Crippen LogP) is 0.541. The Kier molecular flexibility index (Phi) is 1.63. The van der Waals surface area contributed by atoms with Crippen LogP contribution in [0.15, 0.2) is 12.5 Å². The summed E-state index contributed by atoms with van der Waals surface area (Å²) in [6, 6.07) is 0. The summed E-state index contributed by atoms with van der Waals surface area (Å²) in [5.41, 5.74) is 0.808. The number of carbonyl (C=O) groups excluding carboxylic acids is 1. The zero-order valence-corrected chi connectivity index (χ0v) is 5.22. The van der Waals surface area contributed by atoms with E-state index in [0.717, 1.165) is 5.69 Å². The summed E-state index contributed by atoms with van der Waals surface area (Å²) in [6.45, 7) is 1.55. The Morgan fingerprint density at radius 2 is 2.67 bits per heavy atom. The highest BCUT2D eigenvalue weighted by Crippen LogP contribution is 1.91. The van der Waals surface area contributed by atoms with Crippen LogP contribution < -0.4 is 0 Å². The molecule has 1 aromatic heterocycles. The SMILES string of the molecule is CC(=O)Cc1c[nH]cn1. The van der Waals surface area contributed by atoms with Gasteiger partial charge in [-0.1, -0.05) is 0 Å². The number of hydrogen-bond donors (Lipinski definition) is 1. The van der Waals surface area contributed by atoms with Crippen LogP contribution in [-0.4, -0.2) is 15.8 Å². The van der Waals surface area contributed by atoms with Gasteiger partial charge in [-0.15, -0.1) is 0 Å². The van der Waals surface area contributed by atoms with Gasteiger partial charge in [0.15, 0.2) is 0 Å². The van der Waals surface area contributed by atoms with Crippen molar-refractivity contribution in [3.05, 3.63) is 18.2 Å². The van der Waals surface area contributed by atoms with Gasteiger partial charge >= 0.3 is 0 Å². The van der Waals surface area contributed by atoms with Gasteiger partial charge < -0.3 is 4.98 Å². The molecule has 3 heteroatoms. The molecule has 3 nitrogen and oxygen atoms in total. The number of carbonyl (C=O) groups is 1. The van der Waals surface area contributed by atoms with Gasteiger partial charge in [0.05, 0.1) is 12.0 Å². The Balaban J connectivity index is 2.58. The summed E-state index contributed by atoms with van der Waals surface area (Å²) in [7, 11) is 0. The van der Waals surface area contributed by atoms with Gasteiger partial charge in [-0.3, -0.25) is 4.79 Å². The molecule has 0 saturated carbocycles. The van der Waals surface area contributed by atoms with E-state index >= 15 is 0 Å². The number of hydrogen-bond acceptors (Lipinski definition) is 2. The average Bonchev–Trinajstić information content (AvgIpc) is 2.15. The third kappa shape index (κ3) is 1.68. The van der Waals surface area contributed by atoms with Crippen molar-refractivity contribution in [3.63, 3.8) is 0 Å². The van der Waals surface area contributed by atoms with Crippen molar-refractivity contribution in [1.29, 1.82) is 0 Å². The fourth-order valence-corrected chi connectivity index (χ4v) is 0.643. The first kappa shape index (κ1) is 6.01. The standard InChI is InChI=1S/C6H8N2O/c1-5(9)2-6-3-7-4-8-6/h3-4H,2H2,1H3,(H,7,8). The molecule has 0 aliphatic heterocycles. The van der Waals surface area contributed by atoms with Crippen molar-refractivity contribution < 1.29 is 4.79 Å². The van der Waals surface area contributed by atoms with Crippen molar-refractivity contribution in [3.8, 4) is 0 Å². The first-order valence-corrected chi connectivity index (χ1v) is 2.76. The van der Waals surface area contributed by atoms with Crippen molar-refractivity contribution in [2.75, 3.05) is 0 Å². The van der Waals surface area contributed by atoms with E-state index in [9.17, 15) is 4.79 Å². The largest absolute Gasteiger partial charge is 0.351 e. The molecule has 0 amide bonds. The lowest BCUT2D eigenvalue weighted by Crippen LogP contribution is -1.95. The van der Waals surface area contributed by atoms with E-state index in [0.29, 0.717) is 6.42 Å². The maximum absolute atomic E-state index is 10.5. The number of Topliss-reactive ketones (excluding diaryl/α,β-unsaturated/α-hetero) is 1. The number of nitrogens with one attached hydrogen (secondary N) is 1. The van der Waals surface area contributed by atoms with Gasteiger partial charge in [0.1, 0.15) is 5.78 Å². The minimum atomic E-state index is 0.141. The molecule has 1 rings (SSSR count). The minimum absolute atomic E-state index is 0.141. The summed E-state index contributed by atoms with van der Waals surface area (Å²) in [5.74, 6) is 0.141. The number of H-pyrrole nitrogens is 1.